The molecule has 0 radical (unpaired) electrons. The van der Waals surface area contributed by atoms with Gasteiger partial charge in [-0.2, -0.15) is 0 Å². The number of benzene rings is 2. The van der Waals surface area contributed by atoms with Crippen LogP contribution < -0.4 is 0 Å². The number of aryl methyl sites for hydroxylation is 1. The maximum Gasteiger partial charge on any atom is 0.150 e. The predicted molar refractivity (Wildman–Crippen MR) is 119 cm³/mol. The van der Waals surface area contributed by atoms with E-state index >= 15 is 0 Å². The monoisotopic (exact) mass is 475 g/mol. The smallest absolute Gasteiger partial charge is 0.150 e. The van der Waals surface area contributed by atoms with Crippen LogP contribution in [0.1, 0.15) is 31.9 Å². The van der Waals surface area contributed by atoms with Crippen LogP contribution in [0.5, 0.6) is 0 Å². The fourth-order valence-corrected chi connectivity index (χ4v) is 5.44. The maximum atomic E-state index is 14.4. The van der Waals surface area contributed by atoms with Gasteiger partial charge in [0.25, 0.3) is 0 Å². The van der Waals surface area contributed by atoms with E-state index in [0.717, 1.165) is 24.4 Å². The molecule has 0 atom stereocenters. The Labute approximate surface area is 170 Å². The van der Waals surface area contributed by atoms with Crippen molar-refractivity contribution in [2.24, 2.45) is 0 Å². The fraction of sp³-hybridized carbons (Fsp3) is 0.227. The molecule has 0 fully saturated rings. The third kappa shape index (κ3) is 2.83. The van der Waals surface area contributed by atoms with Crippen LogP contribution in [0, 0.1) is 15.6 Å². The first-order valence-electron chi connectivity index (χ1n) is 8.54. The molecule has 0 N–H and O–H groups in total. The van der Waals surface area contributed by atoms with Crippen LogP contribution in [0.3, 0.4) is 0 Å². The normalized spacial score (nSPS) is 12.2. The second-order valence-electron chi connectivity index (χ2n) is 7.65. The summed E-state index contributed by atoms with van der Waals surface area (Å²) in [4.78, 5) is 4.49. The van der Waals surface area contributed by atoms with E-state index in [1.807, 2.05) is 6.92 Å². The summed E-state index contributed by atoms with van der Waals surface area (Å²) >= 11 is 3.91. The van der Waals surface area contributed by atoms with Crippen LogP contribution in [-0.4, -0.2) is 4.98 Å². The van der Waals surface area contributed by atoms with Crippen molar-refractivity contribution in [1.29, 1.82) is 0 Å². The number of aromatic nitrogens is 1. The molecule has 0 bridgehead atoms. The van der Waals surface area contributed by atoms with Crippen molar-refractivity contribution in [3.63, 3.8) is 0 Å². The second-order valence-corrected chi connectivity index (χ2v) is 10.5. The minimum atomic E-state index is -0.239. The van der Waals surface area contributed by atoms with Crippen LogP contribution in [-0.2, 0) is 5.41 Å². The summed E-state index contributed by atoms with van der Waals surface area (Å²) in [7, 11) is 0. The molecular weight excluding hydrogens is 456 g/mol. The second kappa shape index (κ2) is 6.27. The van der Waals surface area contributed by atoms with Crippen LogP contribution in [0.15, 0.2) is 42.6 Å². The van der Waals surface area contributed by atoms with E-state index in [-0.39, 0.29) is 11.2 Å². The Hall–Kier alpha value is -1.53. The summed E-state index contributed by atoms with van der Waals surface area (Å²) in [6, 6.07) is 12.8. The molecule has 1 nitrogen and oxygen atoms in total. The summed E-state index contributed by atoms with van der Waals surface area (Å²) in [5.74, 6) is -0.239. The molecule has 2 aromatic heterocycles. The van der Waals surface area contributed by atoms with Gasteiger partial charge in [0.15, 0.2) is 0 Å². The van der Waals surface area contributed by atoms with Crippen molar-refractivity contribution < 1.29 is 4.39 Å². The zero-order valence-corrected chi connectivity index (χ0v) is 18.1. The van der Waals surface area contributed by atoms with E-state index in [1.54, 1.807) is 11.3 Å². The minimum absolute atomic E-state index is 0.00848. The molecule has 4 aromatic rings. The molecule has 132 valence electrons. The quantitative estimate of drug-likeness (QED) is 0.260. The zero-order chi connectivity index (χ0) is 18.6. The van der Waals surface area contributed by atoms with Gasteiger partial charge in [-0.1, -0.05) is 45.0 Å². The molecule has 0 saturated carbocycles. The molecule has 4 heteroatoms. The highest BCUT2D eigenvalue weighted by Crippen LogP contribution is 2.41. The van der Waals surface area contributed by atoms with E-state index in [2.05, 4.69) is 84.7 Å². The Morgan fingerprint density at radius 1 is 1.12 bits per heavy atom. The van der Waals surface area contributed by atoms with E-state index in [4.69, 9.17) is 0 Å². The van der Waals surface area contributed by atoms with Crippen molar-refractivity contribution in [3.8, 4) is 11.3 Å². The Balaban J connectivity index is 2.09. The summed E-state index contributed by atoms with van der Waals surface area (Å²) in [6.07, 6.45) is 1.36. The molecule has 2 heterocycles. The van der Waals surface area contributed by atoms with Crippen molar-refractivity contribution in [1.82, 2.24) is 4.98 Å². The van der Waals surface area contributed by atoms with Gasteiger partial charge in [0.2, 0.25) is 0 Å². The van der Waals surface area contributed by atoms with E-state index in [0.29, 0.717) is 5.39 Å². The van der Waals surface area contributed by atoms with Gasteiger partial charge in [0.1, 0.15) is 5.82 Å². The van der Waals surface area contributed by atoms with Crippen LogP contribution in [0.2, 0.25) is 0 Å². The predicted octanol–water partition coefficient (Wildman–Crippen LogP) is 7.47. The van der Waals surface area contributed by atoms with Gasteiger partial charge < -0.3 is 0 Å². The molecule has 26 heavy (non-hydrogen) atoms. The highest BCUT2D eigenvalue weighted by molar-refractivity contribution is 14.1. The van der Waals surface area contributed by atoms with Crippen molar-refractivity contribution >= 4 is 54.8 Å². The van der Waals surface area contributed by atoms with Gasteiger partial charge in [0, 0.05) is 10.9 Å². The molecule has 0 aliphatic heterocycles. The maximum absolute atomic E-state index is 14.4. The Morgan fingerprint density at radius 3 is 2.58 bits per heavy atom. The molecular formula is C22H19FINS. The molecule has 2 aromatic carbocycles. The molecule has 0 aliphatic rings. The Kier molecular flexibility index (Phi) is 4.31. The average molecular weight is 475 g/mol. The third-order valence-electron chi connectivity index (χ3n) is 4.79. The van der Waals surface area contributed by atoms with Gasteiger partial charge in [-0.15, -0.1) is 11.3 Å². The SMILES string of the molecule is Cc1c(I)sc2c(-c3cc(C(C)(C)C)c4ccccc4c3)ncc(F)c12. The lowest BCUT2D eigenvalue weighted by Gasteiger charge is -2.22. The number of hydrogen-bond donors (Lipinski definition) is 0. The molecule has 0 amide bonds. The topological polar surface area (TPSA) is 12.9 Å². The van der Waals surface area contributed by atoms with E-state index < -0.39 is 0 Å². The lowest BCUT2D eigenvalue weighted by Crippen LogP contribution is -2.12. The first-order chi connectivity index (χ1) is 12.3. The lowest BCUT2D eigenvalue weighted by molar-refractivity contribution is 0.596. The van der Waals surface area contributed by atoms with Crippen molar-refractivity contribution in [3.05, 3.63) is 62.4 Å². The van der Waals surface area contributed by atoms with Crippen molar-refractivity contribution in [2.45, 2.75) is 33.1 Å². The minimum Gasteiger partial charge on any atom is -0.252 e. The number of hydrogen-bond acceptors (Lipinski definition) is 2. The Bertz CT molecular complexity index is 1150. The first-order valence-corrected chi connectivity index (χ1v) is 10.4. The number of nitrogens with zero attached hydrogens (tertiary/aromatic N) is 1. The molecule has 0 unspecified atom stereocenters. The highest BCUT2D eigenvalue weighted by Gasteiger charge is 2.21. The van der Waals surface area contributed by atoms with E-state index in [1.165, 1.54) is 22.5 Å². The molecule has 4 rings (SSSR count). The van der Waals surface area contributed by atoms with Gasteiger partial charge in [0.05, 0.1) is 19.5 Å². The summed E-state index contributed by atoms with van der Waals surface area (Å²) in [6.45, 7) is 8.66. The molecule has 0 aliphatic carbocycles. The van der Waals surface area contributed by atoms with Gasteiger partial charge in [-0.25, -0.2) is 4.39 Å². The van der Waals surface area contributed by atoms with Crippen LogP contribution in [0.25, 0.3) is 32.1 Å². The average Bonchev–Trinajstić information content (AvgIpc) is 2.89. The number of pyridine rings is 1. The van der Waals surface area contributed by atoms with Crippen molar-refractivity contribution in [2.75, 3.05) is 0 Å². The first kappa shape index (κ1) is 17.9. The number of fused-ring (bicyclic) bond motifs is 2. The van der Waals surface area contributed by atoms with Gasteiger partial charge >= 0.3 is 0 Å². The third-order valence-corrected chi connectivity index (χ3v) is 7.35. The summed E-state index contributed by atoms with van der Waals surface area (Å²) in [5, 5.41) is 3.16. The molecule has 0 spiro atoms. The van der Waals surface area contributed by atoms with Crippen LogP contribution in [0.4, 0.5) is 4.39 Å². The fourth-order valence-electron chi connectivity index (χ4n) is 3.46. The number of thiophene rings is 1. The zero-order valence-electron chi connectivity index (χ0n) is 15.2. The highest BCUT2D eigenvalue weighted by atomic mass is 127. The standard InChI is InChI=1S/C22H19FINS/c1-12-18-17(23)11-25-19(20(18)26-21(12)24)14-9-13-7-5-6-8-15(13)16(10-14)22(2,3)4/h5-11H,1-4H3. The summed E-state index contributed by atoms with van der Waals surface area (Å²) < 4.78 is 16.5. The lowest BCUT2D eigenvalue weighted by atomic mass is 9.82. The Morgan fingerprint density at radius 2 is 1.85 bits per heavy atom. The largest absolute Gasteiger partial charge is 0.252 e. The molecule has 0 saturated heterocycles. The van der Waals surface area contributed by atoms with Gasteiger partial charge in [-0.05, 0) is 69.0 Å². The van der Waals surface area contributed by atoms with E-state index in [9.17, 15) is 4.39 Å². The van der Waals surface area contributed by atoms with Crippen LogP contribution >= 0.6 is 33.9 Å². The summed E-state index contributed by atoms with van der Waals surface area (Å²) in [5.41, 5.74) is 4.22. The van der Waals surface area contributed by atoms with Gasteiger partial charge in [-0.3, -0.25) is 4.98 Å². The number of halogens is 2. The number of rotatable bonds is 1.